The van der Waals surface area contributed by atoms with E-state index in [0.717, 1.165) is 0 Å². The van der Waals surface area contributed by atoms with Gasteiger partial charge in [0.05, 0.1) is 6.42 Å². The normalized spacial score (nSPS) is 12.9. The van der Waals surface area contributed by atoms with Gasteiger partial charge >= 0.3 is 5.97 Å². The molecule has 1 atom stereocenters. The summed E-state index contributed by atoms with van der Waals surface area (Å²) in [5.74, 6) is -8.53. The molecule has 0 spiro atoms. The van der Waals surface area contributed by atoms with E-state index in [0.29, 0.717) is 12.1 Å². The van der Waals surface area contributed by atoms with E-state index in [2.05, 4.69) is 0 Å². The number of benzene rings is 1. The summed E-state index contributed by atoms with van der Waals surface area (Å²) in [7, 11) is -4.84. The van der Waals surface area contributed by atoms with Crippen LogP contribution in [0.1, 0.15) is 6.42 Å². The molecule has 0 saturated carbocycles. The second kappa shape index (κ2) is 6.10. The molecule has 0 bridgehead atoms. The minimum absolute atomic E-state index is 0.358. The van der Waals surface area contributed by atoms with Crippen LogP contribution in [0.4, 0.5) is 13.2 Å². The molecule has 7 nitrogen and oxygen atoms in total. The third-order valence-corrected chi connectivity index (χ3v) is 3.78. The predicted molar refractivity (Wildman–Crippen MR) is 61.9 cm³/mol. The Hall–Kier alpha value is -2.14. The molecule has 1 rings (SSSR count). The van der Waals surface area contributed by atoms with E-state index in [-0.39, 0.29) is 0 Å². The van der Waals surface area contributed by atoms with Crippen molar-refractivity contribution in [1.29, 1.82) is 0 Å². The Labute approximate surface area is 116 Å². The molecule has 4 N–H and O–H groups in total. The van der Waals surface area contributed by atoms with Crippen molar-refractivity contribution < 1.29 is 36.3 Å². The van der Waals surface area contributed by atoms with Crippen LogP contribution in [0.2, 0.25) is 0 Å². The van der Waals surface area contributed by atoms with E-state index in [9.17, 15) is 31.2 Å². The zero-order valence-electron chi connectivity index (χ0n) is 10.1. The monoisotopic (exact) mass is 326 g/mol. The minimum Gasteiger partial charge on any atom is -0.480 e. The number of carbonyl (C=O) groups excluding carboxylic acids is 1. The van der Waals surface area contributed by atoms with Crippen LogP contribution in [-0.2, 0) is 19.6 Å². The smallest absolute Gasteiger partial charge is 0.322 e. The number of rotatable bonds is 6. The number of hydrogen-bond acceptors (Lipinski definition) is 4. The lowest BCUT2D eigenvalue weighted by Gasteiger charge is -2.13. The van der Waals surface area contributed by atoms with Gasteiger partial charge in [0.1, 0.15) is 10.9 Å². The lowest BCUT2D eigenvalue weighted by atomic mass is 10.2. The van der Waals surface area contributed by atoms with Crippen molar-refractivity contribution in [3.8, 4) is 0 Å². The Morgan fingerprint density at radius 1 is 1.24 bits per heavy atom. The highest BCUT2D eigenvalue weighted by molar-refractivity contribution is 7.89. The average Bonchev–Trinajstić information content (AvgIpc) is 2.33. The van der Waals surface area contributed by atoms with E-state index in [1.807, 2.05) is 0 Å². The number of carboxylic acids is 1. The summed E-state index contributed by atoms with van der Waals surface area (Å²) < 4.78 is 64.1. The topological polar surface area (TPSA) is 127 Å². The molecule has 1 aromatic carbocycles. The summed E-state index contributed by atoms with van der Waals surface area (Å²) >= 11 is 0. The highest BCUT2D eigenvalue weighted by Crippen LogP contribution is 2.20. The van der Waals surface area contributed by atoms with Crippen LogP contribution in [0.3, 0.4) is 0 Å². The van der Waals surface area contributed by atoms with Gasteiger partial charge in [0.25, 0.3) is 0 Å². The fraction of sp³-hybridized carbons (Fsp3) is 0.200. The lowest BCUT2D eigenvalue weighted by Crippen LogP contribution is -2.43. The first-order chi connectivity index (χ1) is 9.56. The Balaban J connectivity index is 3.20. The second-order valence-electron chi connectivity index (χ2n) is 3.86. The first-order valence-corrected chi connectivity index (χ1v) is 6.71. The zero-order chi connectivity index (χ0) is 16.4. The summed E-state index contributed by atoms with van der Waals surface area (Å²) in [4.78, 5) is 20.1. The van der Waals surface area contributed by atoms with E-state index in [1.54, 1.807) is 0 Å². The summed E-state index contributed by atoms with van der Waals surface area (Å²) in [5.41, 5.74) is 4.74. The molecular weight excluding hydrogens is 317 g/mol. The van der Waals surface area contributed by atoms with Crippen molar-refractivity contribution in [3.63, 3.8) is 0 Å². The minimum atomic E-state index is -4.84. The highest BCUT2D eigenvalue weighted by Gasteiger charge is 2.30. The number of carbonyl (C=O) groups is 2. The molecule has 1 amide bonds. The van der Waals surface area contributed by atoms with Crippen molar-refractivity contribution >= 4 is 21.9 Å². The van der Waals surface area contributed by atoms with Gasteiger partial charge in [0.15, 0.2) is 17.5 Å². The molecule has 0 aromatic heterocycles. The van der Waals surface area contributed by atoms with Crippen LogP contribution < -0.4 is 10.5 Å². The average molecular weight is 326 g/mol. The van der Waals surface area contributed by atoms with Crippen molar-refractivity contribution in [2.45, 2.75) is 17.4 Å². The van der Waals surface area contributed by atoms with Gasteiger partial charge in [-0.3, -0.25) is 9.59 Å². The van der Waals surface area contributed by atoms with E-state index < -0.39 is 56.7 Å². The number of halogens is 3. The van der Waals surface area contributed by atoms with Crippen LogP contribution in [0.5, 0.6) is 0 Å². The molecule has 1 aromatic rings. The van der Waals surface area contributed by atoms with Gasteiger partial charge in [0, 0.05) is 0 Å². The van der Waals surface area contributed by atoms with Gasteiger partial charge < -0.3 is 10.8 Å². The fourth-order valence-electron chi connectivity index (χ4n) is 1.35. The Morgan fingerprint density at radius 2 is 1.81 bits per heavy atom. The Kier molecular flexibility index (Phi) is 4.91. The highest BCUT2D eigenvalue weighted by atomic mass is 32.2. The SMILES string of the molecule is NC(=O)CC(NS(=O)(=O)c1ccc(F)c(F)c1F)C(=O)O. The van der Waals surface area contributed by atoms with Gasteiger partial charge in [-0.1, -0.05) is 0 Å². The Bertz CT molecular complexity index is 692. The quantitative estimate of drug-likeness (QED) is 0.619. The number of primary amides is 1. The molecular formula is C10H9F3N2O5S. The van der Waals surface area contributed by atoms with Gasteiger partial charge in [-0.25, -0.2) is 21.6 Å². The number of nitrogens with two attached hydrogens (primary N) is 1. The summed E-state index contributed by atoms with van der Waals surface area (Å²) in [5, 5.41) is 8.74. The molecule has 116 valence electrons. The number of amides is 1. The fourth-order valence-corrected chi connectivity index (χ4v) is 2.61. The molecule has 21 heavy (non-hydrogen) atoms. The van der Waals surface area contributed by atoms with Crippen LogP contribution in [0, 0.1) is 17.5 Å². The molecule has 0 fully saturated rings. The van der Waals surface area contributed by atoms with E-state index >= 15 is 0 Å². The molecule has 0 heterocycles. The lowest BCUT2D eigenvalue weighted by molar-refractivity contribution is -0.140. The summed E-state index contributed by atoms with van der Waals surface area (Å²) in [6.07, 6.45) is -0.903. The molecule has 0 aliphatic rings. The summed E-state index contributed by atoms with van der Waals surface area (Å²) in [6, 6.07) is -1.20. The third-order valence-electron chi connectivity index (χ3n) is 2.29. The molecule has 0 aliphatic carbocycles. The van der Waals surface area contributed by atoms with Crippen LogP contribution in [0.15, 0.2) is 17.0 Å². The Morgan fingerprint density at radius 3 is 2.29 bits per heavy atom. The van der Waals surface area contributed by atoms with Crippen molar-refractivity contribution in [2.75, 3.05) is 0 Å². The van der Waals surface area contributed by atoms with Crippen LogP contribution in [0.25, 0.3) is 0 Å². The molecule has 0 aliphatic heterocycles. The van der Waals surface area contributed by atoms with E-state index in [4.69, 9.17) is 10.8 Å². The number of sulfonamides is 1. The van der Waals surface area contributed by atoms with Gasteiger partial charge in [-0.15, -0.1) is 0 Å². The number of nitrogens with one attached hydrogen (secondary N) is 1. The van der Waals surface area contributed by atoms with Crippen LogP contribution >= 0.6 is 0 Å². The number of carboxylic acid groups (broad SMARTS) is 1. The first-order valence-electron chi connectivity index (χ1n) is 5.23. The van der Waals surface area contributed by atoms with E-state index in [1.165, 1.54) is 4.72 Å². The maximum atomic E-state index is 13.4. The second-order valence-corrected chi connectivity index (χ2v) is 5.54. The van der Waals surface area contributed by atoms with Crippen molar-refractivity contribution in [1.82, 2.24) is 4.72 Å². The van der Waals surface area contributed by atoms with Gasteiger partial charge in [-0.2, -0.15) is 4.72 Å². The first kappa shape index (κ1) is 16.9. The number of hydrogen-bond donors (Lipinski definition) is 3. The maximum absolute atomic E-state index is 13.4. The number of aliphatic carboxylic acids is 1. The van der Waals surface area contributed by atoms with Crippen LogP contribution in [-0.4, -0.2) is 31.4 Å². The molecule has 11 heteroatoms. The zero-order valence-corrected chi connectivity index (χ0v) is 11.0. The largest absolute Gasteiger partial charge is 0.480 e. The standard InChI is InChI=1S/C10H9F3N2O5S/c11-4-1-2-6(9(13)8(4)12)21(19,20)15-5(10(17)18)3-7(14)16/h1-2,5,15H,3H2,(H2,14,16)(H,17,18). The predicted octanol–water partition coefficient (Wildman–Crippen LogP) is -0.289. The summed E-state index contributed by atoms with van der Waals surface area (Å²) in [6.45, 7) is 0. The maximum Gasteiger partial charge on any atom is 0.322 e. The molecule has 0 saturated heterocycles. The van der Waals surface area contributed by atoms with Crippen molar-refractivity contribution in [2.24, 2.45) is 5.73 Å². The third kappa shape index (κ3) is 3.92. The van der Waals surface area contributed by atoms with Crippen molar-refractivity contribution in [3.05, 3.63) is 29.6 Å². The van der Waals surface area contributed by atoms with Gasteiger partial charge in [0.2, 0.25) is 15.9 Å². The van der Waals surface area contributed by atoms with Gasteiger partial charge in [-0.05, 0) is 12.1 Å². The molecule has 0 radical (unpaired) electrons. The molecule has 1 unspecified atom stereocenters.